The van der Waals surface area contributed by atoms with Crippen molar-refractivity contribution in [2.45, 2.75) is 32.2 Å². The van der Waals surface area contributed by atoms with Crippen LogP contribution in [0.4, 0.5) is 5.69 Å². The molecule has 6 heteroatoms. The normalized spacial score (nSPS) is 17.9. The van der Waals surface area contributed by atoms with Gasteiger partial charge in [0, 0.05) is 29.2 Å². The van der Waals surface area contributed by atoms with Gasteiger partial charge in [0.2, 0.25) is 0 Å². The minimum Gasteiger partial charge on any atom is -0.507 e. The number of ether oxygens (including phenoxy) is 1. The van der Waals surface area contributed by atoms with Crippen LogP contribution in [0.5, 0.6) is 5.75 Å². The van der Waals surface area contributed by atoms with Crippen LogP contribution in [-0.4, -0.2) is 28.9 Å². The fourth-order valence-corrected chi connectivity index (χ4v) is 4.15. The van der Waals surface area contributed by atoms with Gasteiger partial charge in [0.05, 0.1) is 18.7 Å². The number of para-hydroxylation sites is 1. The Labute approximate surface area is 193 Å². The molecule has 6 nitrogen and oxygen atoms in total. The van der Waals surface area contributed by atoms with Crippen LogP contribution in [0, 0.1) is 0 Å². The number of anilines is 1. The molecular weight excluding hydrogens is 416 g/mol. The van der Waals surface area contributed by atoms with E-state index in [0.29, 0.717) is 22.6 Å². The highest BCUT2D eigenvalue weighted by Gasteiger charge is 2.47. The quantitative estimate of drug-likeness (QED) is 0.349. The van der Waals surface area contributed by atoms with Crippen molar-refractivity contribution in [3.8, 4) is 5.75 Å². The highest BCUT2D eigenvalue weighted by atomic mass is 16.5. The Kier molecular flexibility index (Phi) is 5.77. The van der Waals surface area contributed by atoms with Crippen LogP contribution in [0.3, 0.4) is 0 Å². The Morgan fingerprint density at radius 3 is 2.27 bits per heavy atom. The van der Waals surface area contributed by atoms with Crippen LogP contribution in [0.15, 0.2) is 78.6 Å². The Balaban J connectivity index is 1.94. The summed E-state index contributed by atoms with van der Waals surface area (Å²) in [6.45, 7) is 6.12. The summed E-state index contributed by atoms with van der Waals surface area (Å²) in [6.07, 6.45) is 3.21. The molecular formula is C27H26N2O4. The van der Waals surface area contributed by atoms with Gasteiger partial charge >= 0.3 is 0 Å². The van der Waals surface area contributed by atoms with Gasteiger partial charge in [0.1, 0.15) is 11.5 Å². The number of carbonyl (C=O) groups excluding carboxylic acids is 2. The van der Waals surface area contributed by atoms with E-state index in [1.807, 2.05) is 32.9 Å². The second kappa shape index (κ2) is 8.54. The lowest BCUT2D eigenvalue weighted by Gasteiger charge is -2.26. The maximum atomic E-state index is 13.2. The highest BCUT2D eigenvalue weighted by molar-refractivity contribution is 6.51. The summed E-state index contributed by atoms with van der Waals surface area (Å²) in [7, 11) is 1.60. The zero-order valence-electron chi connectivity index (χ0n) is 19.1. The van der Waals surface area contributed by atoms with E-state index in [9.17, 15) is 14.7 Å². The summed E-state index contributed by atoms with van der Waals surface area (Å²) in [5, 5.41) is 11.4. The van der Waals surface area contributed by atoms with Gasteiger partial charge in [-0.15, -0.1) is 0 Å². The molecule has 1 fully saturated rings. The SMILES string of the molecule is COc1ccc(/C(O)=C2/C(=O)C(=O)N(c3ccccc3)C2c2ccncc2)cc1C(C)(C)C. The number of aliphatic hydroxyl groups excluding tert-OH is 1. The number of hydrogen-bond acceptors (Lipinski definition) is 5. The van der Waals surface area contributed by atoms with E-state index in [1.54, 1.807) is 68.0 Å². The maximum absolute atomic E-state index is 13.2. The van der Waals surface area contributed by atoms with Crippen molar-refractivity contribution in [2.75, 3.05) is 12.0 Å². The first-order chi connectivity index (χ1) is 15.7. The van der Waals surface area contributed by atoms with Crippen LogP contribution in [0.1, 0.15) is 43.5 Å². The number of nitrogens with zero attached hydrogens (tertiary/aromatic N) is 2. The highest BCUT2D eigenvalue weighted by Crippen LogP contribution is 2.42. The molecule has 1 atom stereocenters. The lowest BCUT2D eigenvalue weighted by Crippen LogP contribution is -2.29. The summed E-state index contributed by atoms with van der Waals surface area (Å²) in [6, 6.07) is 17.0. The van der Waals surface area contributed by atoms with Crippen LogP contribution in [0.25, 0.3) is 5.76 Å². The molecule has 0 saturated carbocycles. The molecule has 3 aromatic rings. The van der Waals surface area contributed by atoms with E-state index in [2.05, 4.69) is 4.98 Å². The van der Waals surface area contributed by atoms with Gasteiger partial charge in [-0.25, -0.2) is 0 Å². The Hall–Kier alpha value is -3.93. The standard InChI is InChI=1S/C27H26N2O4/c1-27(2,3)20-16-18(10-11-21(20)33-4)24(30)22-23(17-12-14-28-15-13-17)29(26(32)25(22)31)19-8-6-5-7-9-19/h5-16,23,30H,1-4H3/b24-22-. The molecule has 0 aliphatic carbocycles. The van der Waals surface area contributed by atoms with E-state index < -0.39 is 17.7 Å². The molecule has 1 amide bonds. The predicted molar refractivity (Wildman–Crippen MR) is 127 cm³/mol. The Bertz CT molecular complexity index is 1230. The summed E-state index contributed by atoms with van der Waals surface area (Å²) in [5.41, 5.74) is 2.37. The van der Waals surface area contributed by atoms with Crippen molar-refractivity contribution in [1.29, 1.82) is 0 Å². The first kappa shape index (κ1) is 22.3. The summed E-state index contributed by atoms with van der Waals surface area (Å²) < 4.78 is 5.50. The molecule has 4 rings (SSSR count). The molecule has 168 valence electrons. The van der Waals surface area contributed by atoms with Crippen LogP contribution in [0.2, 0.25) is 0 Å². The van der Waals surface area contributed by atoms with Crippen LogP contribution < -0.4 is 9.64 Å². The van der Waals surface area contributed by atoms with Gasteiger partial charge in [-0.1, -0.05) is 39.0 Å². The van der Waals surface area contributed by atoms with Gasteiger partial charge in [-0.05, 0) is 53.4 Å². The average molecular weight is 443 g/mol. The van der Waals surface area contributed by atoms with E-state index >= 15 is 0 Å². The molecule has 2 aromatic carbocycles. The third kappa shape index (κ3) is 4.00. The van der Waals surface area contributed by atoms with E-state index in [-0.39, 0.29) is 16.7 Å². The first-order valence-corrected chi connectivity index (χ1v) is 10.7. The molecule has 1 unspecified atom stereocenters. The van der Waals surface area contributed by atoms with Crippen molar-refractivity contribution >= 4 is 23.1 Å². The third-order valence-corrected chi connectivity index (χ3v) is 5.78. The second-order valence-corrected chi connectivity index (χ2v) is 8.95. The number of carbonyl (C=O) groups is 2. The average Bonchev–Trinajstić information content (AvgIpc) is 3.09. The number of pyridine rings is 1. The minimum atomic E-state index is -0.782. The number of aromatic nitrogens is 1. The van der Waals surface area contributed by atoms with Gasteiger partial charge in [-0.2, -0.15) is 0 Å². The molecule has 1 aliphatic rings. The smallest absolute Gasteiger partial charge is 0.300 e. The lowest BCUT2D eigenvalue weighted by molar-refractivity contribution is -0.132. The summed E-state index contributed by atoms with van der Waals surface area (Å²) in [5.74, 6) is -0.948. The molecule has 1 N–H and O–H groups in total. The van der Waals surface area contributed by atoms with E-state index in [0.717, 1.165) is 5.56 Å². The van der Waals surface area contributed by atoms with E-state index in [4.69, 9.17) is 4.74 Å². The van der Waals surface area contributed by atoms with Gasteiger partial charge in [-0.3, -0.25) is 19.5 Å². The zero-order valence-corrected chi connectivity index (χ0v) is 19.1. The molecule has 1 saturated heterocycles. The predicted octanol–water partition coefficient (Wildman–Crippen LogP) is 5.01. The number of methoxy groups -OCH3 is 1. The number of amides is 1. The number of aliphatic hydroxyl groups is 1. The first-order valence-electron chi connectivity index (χ1n) is 10.7. The fraction of sp³-hybridized carbons (Fsp3) is 0.222. The molecule has 1 aliphatic heterocycles. The number of ketones is 1. The molecule has 0 bridgehead atoms. The number of Topliss-reactive ketones (excluding diaryl/α,β-unsaturated/α-hetero) is 1. The topological polar surface area (TPSA) is 79.7 Å². The molecule has 2 heterocycles. The van der Waals surface area contributed by atoms with Crippen molar-refractivity contribution in [2.24, 2.45) is 0 Å². The monoisotopic (exact) mass is 442 g/mol. The van der Waals surface area contributed by atoms with E-state index in [1.165, 1.54) is 4.90 Å². The Morgan fingerprint density at radius 2 is 1.67 bits per heavy atom. The minimum absolute atomic E-state index is 0.0417. The molecule has 0 spiro atoms. The summed E-state index contributed by atoms with van der Waals surface area (Å²) in [4.78, 5) is 31.9. The van der Waals surface area contributed by atoms with Gasteiger partial charge < -0.3 is 9.84 Å². The number of benzene rings is 2. The third-order valence-electron chi connectivity index (χ3n) is 5.78. The van der Waals surface area contributed by atoms with Crippen LogP contribution in [-0.2, 0) is 15.0 Å². The molecule has 33 heavy (non-hydrogen) atoms. The van der Waals surface area contributed by atoms with Crippen molar-refractivity contribution in [3.05, 3.63) is 95.3 Å². The Morgan fingerprint density at radius 1 is 1.00 bits per heavy atom. The van der Waals surface area contributed by atoms with Gasteiger partial charge in [0.25, 0.3) is 11.7 Å². The molecule has 0 radical (unpaired) electrons. The number of rotatable bonds is 4. The van der Waals surface area contributed by atoms with Crippen LogP contribution >= 0.6 is 0 Å². The zero-order chi connectivity index (χ0) is 23.8. The molecule has 1 aromatic heterocycles. The van der Waals surface area contributed by atoms with Crippen molar-refractivity contribution < 1.29 is 19.4 Å². The summed E-state index contributed by atoms with van der Waals surface area (Å²) >= 11 is 0. The van der Waals surface area contributed by atoms with Gasteiger partial charge in [0.15, 0.2) is 0 Å². The second-order valence-electron chi connectivity index (χ2n) is 8.95. The maximum Gasteiger partial charge on any atom is 0.300 e. The lowest BCUT2D eigenvalue weighted by atomic mass is 9.84. The van der Waals surface area contributed by atoms with Crippen molar-refractivity contribution in [3.63, 3.8) is 0 Å². The largest absolute Gasteiger partial charge is 0.507 e. The fourth-order valence-electron chi connectivity index (χ4n) is 4.15. The van der Waals surface area contributed by atoms with Crippen molar-refractivity contribution in [1.82, 2.24) is 4.98 Å². The number of hydrogen-bond donors (Lipinski definition) is 1.